The van der Waals surface area contributed by atoms with Crippen molar-refractivity contribution in [1.29, 1.82) is 0 Å². The number of para-hydroxylation sites is 2. The molecule has 0 unspecified atom stereocenters. The van der Waals surface area contributed by atoms with Crippen molar-refractivity contribution in [2.45, 2.75) is 0 Å². The van der Waals surface area contributed by atoms with Gasteiger partial charge in [0.15, 0.2) is 17.2 Å². The minimum atomic E-state index is 0.407. The lowest BCUT2D eigenvalue weighted by Crippen LogP contribution is -1.99. The maximum atomic E-state index is 9.25. The number of rotatable bonds is 6. The minimum Gasteiger partial charge on any atom is -0.535 e. The molecule has 1 radical (unpaired) electrons. The van der Waals surface area contributed by atoms with Crippen LogP contribution in [0.1, 0.15) is 0 Å². The Bertz CT molecular complexity index is 4290. The highest BCUT2D eigenvalue weighted by Crippen LogP contribution is 2.42. The van der Waals surface area contributed by atoms with Gasteiger partial charge in [0.25, 0.3) is 0 Å². The van der Waals surface area contributed by atoms with Gasteiger partial charge in [0.1, 0.15) is 11.3 Å². The van der Waals surface area contributed by atoms with Gasteiger partial charge in [-0.1, -0.05) is 188 Å². The summed E-state index contributed by atoms with van der Waals surface area (Å²) in [6.07, 6.45) is 0. The van der Waals surface area contributed by atoms with Gasteiger partial charge in [-0.25, -0.2) is 9.97 Å². The molecular weight excluding hydrogens is 851 g/mol. The largest absolute Gasteiger partial charge is 0.569 e. The molecule has 0 saturated carbocycles. The molecule has 14 aromatic rings. The second-order valence-electron chi connectivity index (χ2n) is 16.8. The highest BCUT2D eigenvalue weighted by atomic mass is 16.5. The quantitative estimate of drug-likeness (QED) is 0.130. The van der Waals surface area contributed by atoms with E-state index in [0.29, 0.717) is 42.1 Å². The zero-order valence-corrected chi connectivity index (χ0v) is 36.7. The lowest BCUT2D eigenvalue weighted by Gasteiger charge is -2.11. The van der Waals surface area contributed by atoms with Crippen LogP contribution in [0.5, 0.6) is 5.75 Å². The highest BCUT2D eigenvalue weighted by molar-refractivity contribution is 6.20. The van der Waals surface area contributed by atoms with Crippen LogP contribution in [-0.2, 0) is 0 Å². The van der Waals surface area contributed by atoms with Crippen LogP contribution in [0.15, 0.2) is 221 Å². The summed E-state index contributed by atoms with van der Waals surface area (Å²) in [5.74, 6) is 1.66. The molecule has 10 aromatic carbocycles. The molecule has 0 bridgehead atoms. The van der Waals surface area contributed by atoms with Crippen molar-refractivity contribution in [3.05, 3.63) is 212 Å². The van der Waals surface area contributed by atoms with Crippen LogP contribution in [0, 0.1) is 0 Å². The molecule has 0 amide bonds. The summed E-state index contributed by atoms with van der Waals surface area (Å²) in [6.45, 7) is 0. The Morgan fingerprint density at radius 3 is 1.36 bits per heavy atom. The van der Waals surface area contributed by atoms with E-state index in [9.17, 15) is 5.02 Å². The zero-order valence-electron chi connectivity index (χ0n) is 36.7. The maximum Gasteiger partial charge on any atom is 0.569 e. The van der Waals surface area contributed by atoms with Gasteiger partial charge in [-0.15, -0.1) is 0 Å². The predicted octanol–water partition coefficient (Wildman–Crippen LogP) is 14.9. The fraction of sp³-hybridized carbons (Fsp3) is 0. The van der Waals surface area contributed by atoms with E-state index in [2.05, 4.69) is 115 Å². The van der Waals surface area contributed by atoms with Crippen LogP contribution in [0.25, 0.3) is 133 Å². The van der Waals surface area contributed by atoms with E-state index >= 15 is 0 Å². The van der Waals surface area contributed by atoms with Crippen molar-refractivity contribution in [2.24, 2.45) is 0 Å². The van der Waals surface area contributed by atoms with E-state index in [1.165, 1.54) is 21.5 Å². The number of benzene rings is 10. The number of aromatic nitrogens is 4. The predicted molar refractivity (Wildman–Crippen MR) is 279 cm³/mol. The Labute approximate surface area is 395 Å². The number of hydrogen-bond acceptors (Lipinski definition) is 8. The summed E-state index contributed by atoms with van der Waals surface area (Å²) < 4.78 is 17.8. The lowest BCUT2D eigenvalue weighted by molar-refractivity contribution is 0.451. The first kappa shape index (κ1) is 40.1. The van der Waals surface area contributed by atoms with Gasteiger partial charge < -0.3 is 18.5 Å². The second-order valence-corrected chi connectivity index (χ2v) is 16.8. The van der Waals surface area contributed by atoms with Gasteiger partial charge in [-0.3, -0.25) is 0 Å². The molecule has 1 N–H and O–H groups in total. The van der Waals surface area contributed by atoms with E-state index in [1.807, 2.05) is 91.0 Å². The molecule has 0 saturated heterocycles. The van der Waals surface area contributed by atoms with E-state index in [-0.39, 0.29) is 0 Å². The summed E-state index contributed by atoms with van der Waals surface area (Å²) in [7, 11) is 0.651. The van der Waals surface area contributed by atoms with E-state index in [1.54, 1.807) is 6.07 Å². The number of nitrogens with zero attached hydrogens (tertiary/aromatic N) is 4. The average Bonchev–Trinajstić information content (AvgIpc) is 4.00. The molecule has 69 heavy (non-hydrogen) atoms. The molecule has 0 aliphatic heterocycles. The van der Waals surface area contributed by atoms with Crippen LogP contribution >= 0.6 is 0 Å². The lowest BCUT2D eigenvalue weighted by atomic mass is 9.96. The van der Waals surface area contributed by atoms with Crippen LogP contribution < -0.4 is 4.65 Å². The molecule has 0 fully saturated rings. The van der Waals surface area contributed by atoms with Crippen molar-refractivity contribution in [3.8, 4) is 51.0 Å². The number of fused-ring (bicyclic) bond motifs is 12. The van der Waals surface area contributed by atoms with Crippen molar-refractivity contribution < 1.29 is 18.5 Å². The second kappa shape index (κ2) is 16.6. The summed E-state index contributed by atoms with van der Waals surface area (Å²) >= 11 is 0. The number of furan rings is 2. The molecule has 4 aromatic heterocycles. The average molecular weight is 888 g/mol. The maximum absolute atomic E-state index is 9.25. The first-order valence-corrected chi connectivity index (χ1v) is 22.7. The van der Waals surface area contributed by atoms with Crippen LogP contribution in [-0.4, -0.2) is 32.6 Å². The zero-order chi connectivity index (χ0) is 45.8. The third-order valence-corrected chi connectivity index (χ3v) is 12.9. The fourth-order valence-electron chi connectivity index (χ4n) is 9.77. The Balaban J connectivity index is 0.000000136. The molecule has 0 aliphatic carbocycles. The standard InChI is InChI=1S/C30H18BN2O3.C30H18N2O/c34-31-36-25-16-8-15-23-26-27(18-9-2-1-3-10-18)32-29(33-30(26)35-28(23)25)24-17-19-11-4-5-12-20(19)21-13-6-7-14-22(21)24;1-2-10-19(11-3-1)28-27-24-16-8-9-17-26(24)33-30(27)32-29(31-28)25-18-20-12-4-5-13-21(20)22-14-6-7-15-23(22)25/h1-17,34H;1-18H. The fourth-order valence-corrected chi connectivity index (χ4v) is 9.77. The minimum absolute atomic E-state index is 0.407. The summed E-state index contributed by atoms with van der Waals surface area (Å²) in [5.41, 5.74) is 7.99. The third-order valence-electron chi connectivity index (χ3n) is 12.9. The first-order chi connectivity index (χ1) is 34.2. The summed E-state index contributed by atoms with van der Waals surface area (Å²) in [5, 5.41) is 22.1. The first-order valence-electron chi connectivity index (χ1n) is 22.7. The van der Waals surface area contributed by atoms with Crippen molar-refractivity contribution in [3.63, 3.8) is 0 Å². The molecule has 14 rings (SSSR count). The third kappa shape index (κ3) is 6.83. The van der Waals surface area contributed by atoms with Gasteiger partial charge in [-0.2, -0.15) is 9.97 Å². The van der Waals surface area contributed by atoms with E-state index < -0.39 is 0 Å². The molecule has 0 atom stereocenters. The highest BCUT2D eigenvalue weighted by Gasteiger charge is 2.23. The van der Waals surface area contributed by atoms with Crippen LogP contribution in [0.4, 0.5) is 0 Å². The molecular formula is C60H36BN4O4. The van der Waals surface area contributed by atoms with Crippen molar-refractivity contribution in [2.75, 3.05) is 0 Å². The Morgan fingerprint density at radius 1 is 0.377 bits per heavy atom. The van der Waals surface area contributed by atoms with E-state index in [0.717, 1.165) is 82.3 Å². The Morgan fingerprint density at radius 2 is 0.812 bits per heavy atom. The molecule has 9 heteroatoms. The molecule has 323 valence electrons. The van der Waals surface area contributed by atoms with Crippen LogP contribution in [0.2, 0.25) is 0 Å². The Hall–Kier alpha value is -9.18. The van der Waals surface area contributed by atoms with Gasteiger partial charge in [0, 0.05) is 33.0 Å². The Kier molecular flexibility index (Phi) is 9.66. The normalized spacial score (nSPS) is 11.6. The molecule has 0 spiro atoms. The molecule has 4 heterocycles. The van der Waals surface area contributed by atoms with Gasteiger partial charge in [0.2, 0.25) is 11.4 Å². The number of hydrogen-bond donors (Lipinski definition) is 1. The monoisotopic (exact) mass is 887 g/mol. The smallest absolute Gasteiger partial charge is 0.535 e. The molecule has 0 aliphatic rings. The van der Waals surface area contributed by atoms with Gasteiger partial charge in [0.05, 0.1) is 22.2 Å². The summed E-state index contributed by atoms with van der Waals surface area (Å²) in [6, 6.07) is 71.8. The van der Waals surface area contributed by atoms with Crippen molar-refractivity contribution >= 4 is 94.9 Å². The SMILES string of the molecule is O[B]Oc1cccc2c1oc1nc(-c3cc4ccccc4c4ccccc34)nc(-c3ccccc3)c12.c1ccc(-c2nc(-c3cc4ccccc4c4ccccc34)nc3oc4ccccc4c23)cc1. The van der Waals surface area contributed by atoms with E-state index in [4.69, 9.17) is 33.4 Å². The van der Waals surface area contributed by atoms with Crippen LogP contribution in [0.3, 0.4) is 0 Å². The van der Waals surface area contributed by atoms with Gasteiger partial charge >= 0.3 is 7.69 Å². The van der Waals surface area contributed by atoms with Crippen molar-refractivity contribution in [1.82, 2.24) is 19.9 Å². The van der Waals surface area contributed by atoms with Gasteiger partial charge in [-0.05, 0) is 67.4 Å². The molecule has 8 nitrogen and oxygen atoms in total. The summed E-state index contributed by atoms with van der Waals surface area (Å²) in [4.78, 5) is 20.1. The topological polar surface area (TPSA) is 107 Å².